The number of carbonyl (C=O) groups is 3. The largest absolute Gasteiger partial charge is 0.455 e. The molecule has 0 spiro atoms. The van der Waals surface area contributed by atoms with Crippen molar-refractivity contribution in [1.82, 2.24) is 5.32 Å². The molecule has 2 amide bonds. The highest BCUT2D eigenvalue weighted by atomic mass is 16.5. The summed E-state index contributed by atoms with van der Waals surface area (Å²) < 4.78 is 5.10. The molecule has 7 nitrogen and oxygen atoms in total. The molecule has 0 aliphatic carbocycles. The van der Waals surface area contributed by atoms with Gasteiger partial charge in [0, 0.05) is 11.3 Å². The normalized spacial score (nSPS) is 11.0. The molecule has 3 aromatic carbocycles. The highest BCUT2D eigenvalue weighted by molar-refractivity contribution is 5.95. The zero-order chi connectivity index (χ0) is 22.8. The number of nitrogens with zero attached hydrogens (tertiary/aromatic N) is 1. The van der Waals surface area contributed by atoms with E-state index in [0.717, 1.165) is 5.56 Å². The fraction of sp³-hybridized carbons (Fsp3) is 0.120. The van der Waals surface area contributed by atoms with Crippen LogP contribution in [-0.2, 0) is 14.3 Å². The van der Waals surface area contributed by atoms with Gasteiger partial charge in [0.2, 0.25) is 0 Å². The van der Waals surface area contributed by atoms with Gasteiger partial charge in [-0.05, 0) is 35.9 Å². The molecule has 0 saturated carbocycles. The Labute approximate surface area is 185 Å². The van der Waals surface area contributed by atoms with Crippen molar-refractivity contribution >= 4 is 23.5 Å². The van der Waals surface area contributed by atoms with Crippen molar-refractivity contribution in [2.75, 3.05) is 11.9 Å². The molecule has 1 atom stereocenters. The molecule has 0 aliphatic heterocycles. The highest BCUT2D eigenvalue weighted by Crippen LogP contribution is 2.18. The van der Waals surface area contributed by atoms with Crippen molar-refractivity contribution in [3.05, 3.63) is 102 Å². The SMILES string of the molecule is N#Cc1cccc(NC(=O)COC(=O)C[C@@H](NC(=O)c2ccccc2)c2ccccc2)c1. The molecular formula is C25H21N3O4. The molecule has 0 fully saturated rings. The summed E-state index contributed by atoms with van der Waals surface area (Å²) in [5.74, 6) is -1.48. The van der Waals surface area contributed by atoms with Crippen molar-refractivity contribution in [3.63, 3.8) is 0 Å². The Morgan fingerprint density at radius 3 is 2.28 bits per heavy atom. The molecule has 160 valence electrons. The molecule has 32 heavy (non-hydrogen) atoms. The van der Waals surface area contributed by atoms with Crippen molar-refractivity contribution in [3.8, 4) is 6.07 Å². The lowest BCUT2D eigenvalue weighted by atomic mass is 10.0. The minimum atomic E-state index is -0.631. The zero-order valence-corrected chi connectivity index (χ0v) is 17.2. The van der Waals surface area contributed by atoms with Crippen LogP contribution in [0.2, 0.25) is 0 Å². The molecule has 0 saturated heterocycles. The molecule has 7 heteroatoms. The quantitative estimate of drug-likeness (QED) is 0.534. The predicted molar refractivity (Wildman–Crippen MR) is 118 cm³/mol. The van der Waals surface area contributed by atoms with Crippen molar-refractivity contribution in [2.45, 2.75) is 12.5 Å². The number of nitrogens with one attached hydrogen (secondary N) is 2. The van der Waals surface area contributed by atoms with Gasteiger partial charge in [-0.3, -0.25) is 14.4 Å². The van der Waals surface area contributed by atoms with Crippen LogP contribution in [0.5, 0.6) is 0 Å². The number of ether oxygens (including phenoxy) is 1. The summed E-state index contributed by atoms with van der Waals surface area (Å²) in [6, 6.07) is 25.5. The molecular weight excluding hydrogens is 406 g/mol. The van der Waals surface area contributed by atoms with Crippen LogP contribution in [0.1, 0.15) is 33.9 Å². The van der Waals surface area contributed by atoms with Crippen LogP contribution in [0.15, 0.2) is 84.9 Å². The molecule has 0 radical (unpaired) electrons. The number of rotatable bonds is 8. The lowest BCUT2D eigenvalue weighted by molar-refractivity contribution is -0.147. The van der Waals surface area contributed by atoms with Crippen LogP contribution in [0.25, 0.3) is 0 Å². The maximum atomic E-state index is 12.6. The first-order valence-corrected chi connectivity index (χ1v) is 9.91. The second-order valence-electron chi connectivity index (χ2n) is 6.91. The maximum Gasteiger partial charge on any atom is 0.308 e. The molecule has 0 unspecified atom stereocenters. The number of esters is 1. The first-order chi connectivity index (χ1) is 15.5. The van der Waals surface area contributed by atoms with Gasteiger partial charge in [-0.2, -0.15) is 5.26 Å². The van der Waals surface area contributed by atoms with E-state index in [1.807, 2.05) is 30.3 Å². The number of anilines is 1. The van der Waals surface area contributed by atoms with Gasteiger partial charge in [0.15, 0.2) is 6.61 Å². The first-order valence-electron chi connectivity index (χ1n) is 9.91. The molecule has 2 N–H and O–H groups in total. The Hall–Kier alpha value is -4.44. The third kappa shape index (κ3) is 6.54. The minimum absolute atomic E-state index is 0.139. The monoisotopic (exact) mass is 427 g/mol. The molecule has 0 aliphatic rings. The van der Waals surface area contributed by atoms with E-state index in [9.17, 15) is 14.4 Å². The zero-order valence-electron chi connectivity index (χ0n) is 17.2. The Kier molecular flexibility index (Phi) is 7.71. The third-order valence-corrected chi connectivity index (χ3v) is 4.55. The van der Waals surface area contributed by atoms with Crippen LogP contribution in [0.4, 0.5) is 5.69 Å². The summed E-state index contributed by atoms with van der Waals surface area (Å²) >= 11 is 0. The van der Waals surface area contributed by atoms with Gasteiger partial charge in [0.1, 0.15) is 0 Å². The third-order valence-electron chi connectivity index (χ3n) is 4.55. The smallest absolute Gasteiger partial charge is 0.308 e. The predicted octanol–water partition coefficient (Wildman–Crippen LogP) is 3.60. The van der Waals surface area contributed by atoms with Crippen LogP contribution in [-0.4, -0.2) is 24.4 Å². The average molecular weight is 427 g/mol. The molecule has 0 bridgehead atoms. The molecule has 3 aromatic rings. The van der Waals surface area contributed by atoms with E-state index in [-0.39, 0.29) is 12.3 Å². The van der Waals surface area contributed by atoms with Gasteiger partial charge in [0.25, 0.3) is 11.8 Å². The number of nitriles is 1. The van der Waals surface area contributed by atoms with Gasteiger partial charge in [0.05, 0.1) is 24.1 Å². The van der Waals surface area contributed by atoms with Gasteiger partial charge in [-0.15, -0.1) is 0 Å². The Morgan fingerprint density at radius 2 is 1.59 bits per heavy atom. The minimum Gasteiger partial charge on any atom is -0.455 e. The van der Waals surface area contributed by atoms with Crippen LogP contribution in [0, 0.1) is 11.3 Å². The van der Waals surface area contributed by atoms with E-state index >= 15 is 0 Å². The van der Waals surface area contributed by atoms with Crippen LogP contribution < -0.4 is 10.6 Å². The Balaban J connectivity index is 1.59. The molecule has 3 rings (SSSR count). The van der Waals surface area contributed by atoms with E-state index in [0.29, 0.717) is 16.8 Å². The lowest BCUT2D eigenvalue weighted by Crippen LogP contribution is -2.31. The molecule has 0 heterocycles. The lowest BCUT2D eigenvalue weighted by Gasteiger charge is -2.19. The Morgan fingerprint density at radius 1 is 0.906 bits per heavy atom. The van der Waals surface area contributed by atoms with E-state index in [2.05, 4.69) is 10.6 Å². The first kappa shape index (κ1) is 22.2. The fourth-order valence-electron chi connectivity index (χ4n) is 3.00. The van der Waals surface area contributed by atoms with Gasteiger partial charge in [-0.25, -0.2) is 0 Å². The summed E-state index contributed by atoms with van der Waals surface area (Å²) in [7, 11) is 0. The van der Waals surface area contributed by atoms with E-state index in [1.54, 1.807) is 54.6 Å². The van der Waals surface area contributed by atoms with Crippen molar-refractivity contribution in [2.24, 2.45) is 0 Å². The van der Waals surface area contributed by atoms with Gasteiger partial charge in [-0.1, -0.05) is 54.6 Å². The summed E-state index contributed by atoms with van der Waals surface area (Å²) in [5.41, 5.74) is 2.05. The average Bonchev–Trinajstić information content (AvgIpc) is 2.83. The Bertz CT molecular complexity index is 1120. The standard InChI is InChI=1S/C25H21N3O4/c26-16-18-8-7-13-21(14-18)27-23(29)17-32-24(30)15-22(19-9-3-1-4-10-19)28-25(31)20-11-5-2-6-12-20/h1-14,22H,15,17H2,(H,27,29)(H,28,31)/t22-/m1/s1. The number of amides is 2. The summed E-state index contributed by atoms with van der Waals surface area (Å²) in [6.45, 7) is -0.482. The highest BCUT2D eigenvalue weighted by Gasteiger charge is 2.20. The summed E-state index contributed by atoms with van der Waals surface area (Å²) in [5, 5.41) is 14.3. The van der Waals surface area contributed by atoms with Crippen molar-refractivity contribution in [1.29, 1.82) is 5.26 Å². The van der Waals surface area contributed by atoms with Gasteiger partial charge < -0.3 is 15.4 Å². The van der Waals surface area contributed by atoms with E-state index in [4.69, 9.17) is 10.00 Å². The van der Waals surface area contributed by atoms with E-state index < -0.39 is 24.5 Å². The second-order valence-corrected chi connectivity index (χ2v) is 6.91. The number of hydrogen-bond acceptors (Lipinski definition) is 5. The topological polar surface area (TPSA) is 108 Å². The second kappa shape index (κ2) is 11.1. The maximum absolute atomic E-state index is 12.6. The fourth-order valence-corrected chi connectivity index (χ4v) is 3.00. The van der Waals surface area contributed by atoms with Gasteiger partial charge >= 0.3 is 5.97 Å². The number of carbonyl (C=O) groups excluding carboxylic acids is 3. The van der Waals surface area contributed by atoms with Crippen LogP contribution in [0.3, 0.4) is 0 Å². The van der Waals surface area contributed by atoms with E-state index in [1.165, 1.54) is 6.07 Å². The summed E-state index contributed by atoms with van der Waals surface area (Å²) in [6.07, 6.45) is -0.139. The summed E-state index contributed by atoms with van der Waals surface area (Å²) in [4.78, 5) is 37.1. The number of benzene rings is 3. The number of hydrogen-bond donors (Lipinski definition) is 2. The van der Waals surface area contributed by atoms with Crippen molar-refractivity contribution < 1.29 is 19.1 Å². The molecule has 0 aromatic heterocycles. The van der Waals surface area contributed by atoms with Crippen LogP contribution >= 0.6 is 0 Å².